The Morgan fingerprint density at radius 1 is 1.24 bits per heavy atom. The lowest BCUT2D eigenvalue weighted by molar-refractivity contribution is -0.148. The average molecular weight is 469 g/mol. The monoisotopic (exact) mass is 468 g/mol. The summed E-state index contributed by atoms with van der Waals surface area (Å²) in [5.74, 6) is 0.549. The number of fused-ring (bicyclic) bond motifs is 1. The highest BCUT2D eigenvalue weighted by molar-refractivity contribution is 6.84. The van der Waals surface area contributed by atoms with E-state index in [0.29, 0.717) is 12.4 Å². The second-order valence-corrected chi connectivity index (χ2v) is 16.0. The first-order valence-corrected chi connectivity index (χ1v) is 15.1. The van der Waals surface area contributed by atoms with Gasteiger partial charge in [-0.2, -0.15) is 5.10 Å². The predicted molar refractivity (Wildman–Crippen MR) is 131 cm³/mol. The molecular formula is C25H36N4O3Si. The van der Waals surface area contributed by atoms with E-state index in [-0.39, 0.29) is 16.9 Å². The molecule has 7 nitrogen and oxygen atoms in total. The molecule has 1 aromatic heterocycles. The first kappa shape index (κ1) is 23.7. The SMILES string of the molecule is CC[Si](C)(C)C1(C(=O)Nc2n[nH]c3c2CN(C(=O)[C@H](OC)c2ccccc2)C3(C)C)CCC1. The van der Waals surface area contributed by atoms with E-state index in [1.54, 1.807) is 7.11 Å². The van der Waals surface area contributed by atoms with Crippen LogP contribution in [0.3, 0.4) is 0 Å². The van der Waals surface area contributed by atoms with E-state index in [4.69, 9.17) is 4.74 Å². The number of benzene rings is 1. The van der Waals surface area contributed by atoms with E-state index in [9.17, 15) is 9.59 Å². The van der Waals surface area contributed by atoms with Gasteiger partial charge in [0.25, 0.3) is 5.91 Å². The van der Waals surface area contributed by atoms with Crippen molar-refractivity contribution in [2.24, 2.45) is 0 Å². The molecule has 0 unspecified atom stereocenters. The van der Waals surface area contributed by atoms with Gasteiger partial charge < -0.3 is 15.0 Å². The summed E-state index contributed by atoms with van der Waals surface area (Å²) in [6, 6.07) is 10.6. The summed E-state index contributed by atoms with van der Waals surface area (Å²) in [5.41, 5.74) is 1.97. The van der Waals surface area contributed by atoms with E-state index < -0.39 is 19.7 Å². The maximum atomic E-state index is 13.6. The topological polar surface area (TPSA) is 87.3 Å². The molecule has 1 aliphatic heterocycles. The van der Waals surface area contributed by atoms with Crippen molar-refractivity contribution in [2.75, 3.05) is 12.4 Å². The van der Waals surface area contributed by atoms with Gasteiger partial charge in [-0.15, -0.1) is 0 Å². The van der Waals surface area contributed by atoms with Crippen LogP contribution in [0.25, 0.3) is 0 Å². The zero-order valence-electron chi connectivity index (χ0n) is 20.6. The van der Waals surface area contributed by atoms with E-state index >= 15 is 0 Å². The van der Waals surface area contributed by atoms with Crippen LogP contribution in [0.15, 0.2) is 30.3 Å². The lowest BCUT2D eigenvalue weighted by Crippen LogP contribution is -2.53. The minimum atomic E-state index is -1.71. The van der Waals surface area contributed by atoms with Crippen molar-refractivity contribution in [3.63, 3.8) is 0 Å². The molecule has 1 saturated carbocycles. The number of rotatable bonds is 7. The third kappa shape index (κ3) is 3.63. The Morgan fingerprint density at radius 3 is 2.45 bits per heavy atom. The summed E-state index contributed by atoms with van der Waals surface area (Å²) < 4.78 is 5.61. The molecule has 4 rings (SSSR count). The van der Waals surface area contributed by atoms with Gasteiger partial charge in [0.05, 0.1) is 25.9 Å². The van der Waals surface area contributed by atoms with Crippen molar-refractivity contribution in [3.8, 4) is 0 Å². The molecule has 178 valence electrons. The van der Waals surface area contributed by atoms with Crippen LogP contribution in [-0.2, 0) is 26.4 Å². The molecule has 1 aliphatic carbocycles. The van der Waals surface area contributed by atoms with Crippen molar-refractivity contribution in [3.05, 3.63) is 47.2 Å². The molecule has 33 heavy (non-hydrogen) atoms. The minimum absolute atomic E-state index is 0.100. The van der Waals surface area contributed by atoms with Crippen LogP contribution in [0.4, 0.5) is 5.82 Å². The second-order valence-electron chi connectivity index (χ2n) is 10.6. The molecule has 2 N–H and O–H groups in total. The molecular weight excluding hydrogens is 432 g/mol. The maximum Gasteiger partial charge on any atom is 0.257 e. The van der Waals surface area contributed by atoms with Crippen molar-refractivity contribution < 1.29 is 14.3 Å². The largest absolute Gasteiger partial charge is 0.367 e. The molecule has 2 aromatic rings. The number of carbonyl (C=O) groups is 2. The number of methoxy groups -OCH3 is 1. The molecule has 1 atom stereocenters. The van der Waals surface area contributed by atoms with E-state index in [0.717, 1.165) is 42.1 Å². The molecule has 1 aromatic carbocycles. The van der Waals surface area contributed by atoms with Gasteiger partial charge in [0, 0.05) is 17.7 Å². The third-order valence-electron chi connectivity index (χ3n) is 8.35. The minimum Gasteiger partial charge on any atom is -0.367 e. The summed E-state index contributed by atoms with van der Waals surface area (Å²) >= 11 is 0. The number of nitrogens with zero attached hydrogens (tertiary/aromatic N) is 2. The van der Waals surface area contributed by atoms with Gasteiger partial charge in [-0.25, -0.2) is 0 Å². The molecule has 1 fully saturated rings. The van der Waals surface area contributed by atoms with E-state index in [1.165, 1.54) is 0 Å². The van der Waals surface area contributed by atoms with Gasteiger partial charge in [-0.1, -0.05) is 62.8 Å². The average Bonchev–Trinajstić information content (AvgIpc) is 3.26. The van der Waals surface area contributed by atoms with Gasteiger partial charge >= 0.3 is 0 Å². The summed E-state index contributed by atoms with van der Waals surface area (Å²) in [6.07, 6.45) is 2.34. The van der Waals surface area contributed by atoms with E-state index in [2.05, 4.69) is 35.5 Å². The van der Waals surface area contributed by atoms with Crippen LogP contribution < -0.4 is 5.32 Å². The highest BCUT2D eigenvalue weighted by Crippen LogP contribution is 2.57. The van der Waals surface area contributed by atoms with Gasteiger partial charge in [-0.05, 0) is 32.3 Å². The van der Waals surface area contributed by atoms with Crippen LogP contribution in [-0.4, -0.2) is 42.1 Å². The number of H-pyrrole nitrogens is 1. The Bertz CT molecular complexity index is 1040. The van der Waals surface area contributed by atoms with Crippen LogP contribution in [0, 0.1) is 0 Å². The number of aromatic nitrogens is 2. The van der Waals surface area contributed by atoms with Crippen LogP contribution in [0.5, 0.6) is 0 Å². The van der Waals surface area contributed by atoms with Crippen molar-refractivity contribution in [2.45, 2.75) is 82.4 Å². The third-order valence-corrected chi connectivity index (χ3v) is 13.4. The first-order chi connectivity index (χ1) is 15.6. The Hall–Kier alpha value is -2.45. The van der Waals surface area contributed by atoms with Crippen molar-refractivity contribution >= 4 is 25.7 Å². The van der Waals surface area contributed by atoms with Crippen molar-refractivity contribution in [1.82, 2.24) is 15.1 Å². The number of aromatic amines is 1. The fraction of sp³-hybridized carbons (Fsp3) is 0.560. The fourth-order valence-corrected chi connectivity index (χ4v) is 8.49. The van der Waals surface area contributed by atoms with Gasteiger partial charge in [0.1, 0.15) is 0 Å². The van der Waals surface area contributed by atoms with Gasteiger partial charge in [-0.3, -0.25) is 14.7 Å². The lowest BCUT2D eigenvalue weighted by Gasteiger charge is -2.50. The quantitative estimate of drug-likeness (QED) is 0.562. The Kier molecular flexibility index (Phi) is 6.03. The lowest BCUT2D eigenvalue weighted by atomic mass is 9.83. The Morgan fingerprint density at radius 2 is 1.91 bits per heavy atom. The summed E-state index contributed by atoms with van der Waals surface area (Å²) in [4.78, 5) is 28.9. The first-order valence-electron chi connectivity index (χ1n) is 11.9. The van der Waals surface area contributed by atoms with Crippen LogP contribution >= 0.6 is 0 Å². The number of nitrogens with one attached hydrogen (secondary N) is 2. The van der Waals surface area contributed by atoms with Crippen molar-refractivity contribution in [1.29, 1.82) is 0 Å². The fourth-order valence-electron chi connectivity index (χ4n) is 5.43. The predicted octanol–water partition coefficient (Wildman–Crippen LogP) is 4.97. The standard InChI is InChI=1S/C25H36N4O3Si/c1-7-33(5,6)25(14-11-15-25)23(31)26-21-18-16-29(24(2,3)20(18)27-28-21)22(30)19(32-4)17-12-9-8-10-13-17/h8-10,12-13,19H,7,11,14-16H2,1-6H3,(H2,26,27,28,31)/t19-/m1/s1. The number of hydrogen-bond acceptors (Lipinski definition) is 4. The number of amides is 2. The van der Waals surface area contributed by atoms with E-state index in [1.807, 2.05) is 49.1 Å². The molecule has 0 saturated heterocycles. The zero-order valence-corrected chi connectivity index (χ0v) is 21.6. The van der Waals surface area contributed by atoms with Gasteiger partial charge in [0.2, 0.25) is 5.91 Å². The molecule has 2 heterocycles. The molecule has 0 spiro atoms. The molecule has 0 bridgehead atoms. The van der Waals surface area contributed by atoms with Gasteiger partial charge in [0.15, 0.2) is 11.9 Å². The van der Waals surface area contributed by atoms with Crippen LogP contribution in [0.1, 0.15) is 63.0 Å². The highest BCUT2D eigenvalue weighted by Gasteiger charge is 2.55. The number of anilines is 1. The molecule has 2 amide bonds. The Labute approximate surface area is 197 Å². The van der Waals surface area contributed by atoms with Crippen LogP contribution in [0.2, 0.25) is 24.2 Å². The molecule has 8 heteroatoms. The second kappa shape index (κ2) is 8.40. The maximum absolute atomic E-state index is 13.6. The number of carbonyl (C=O) groups excluding carboxylic acids is 2. The number of hydrogen-bond donors (Lipinski definition) is 2. The smallest absolute Gasteiger partial charge is 0.257 e. The number of ether oxygens (including phenoxy) is 1. The molecule has 2 aliphatic rings. The molecule has 0 radical (unpaired) electrons. The summed E-state index contributed by atoms with van der Waals surface area (Å²) in [5, 5.41) is 10.5. The highest BCUT2D eigenvalue weighted by atomic mass is 28.3. The normalized spacial score (nSPS) is 19.5. The summed E-state index contributed by atoms with van der Waals surface area (Å²) in [7, 11) is -0.156. The summed E-state index contributed by atoms with van der Waals surface area (Å²) in [6.45, 7) is 11.2. The zero-order chi connectivity index (χ0) is 24.0. The Balaban J connectivity index is 1.59.